The Morgan fingerprint density at radius 2 is 2.21 bits per heavy atom. The topological polar surface area (TPSA) is 60.5 Å². The molecule has 0 saturated heterocycles. The standard InChI is InChI=1S/C18H19ClN2O3/c1-3-24-18-15(19)10-13(11-16(18)23-2)12-21-17(22)8-7-14-6-4-5-9-20-14/h4-11H,3,12H2,1-2H3,(H,21,22)/b8-7+. The number of nitrogens with zero attached hydrogens (tertiary/aromatic N) is 1. The Balaban J connectivity index is 2.00. The van der Waals surface area contributed by atoms with E-state index in [1.165, 1.54) is 6.08 Å². The van der Waals surface area contributed by atoms with E-state index in [-0.39, 0.29) is 5.91 Å². The second-order valence-corrected chi connectivity index (χ2v) is 5.25. The van der Waals surface area contributed by atoms with E-state index in [0.717, 1.165) is 11.3 Å². The first-order chi connectivity index (χ1) is 11.6. The highest BCUT2D eigenvalue weighted by Crippen LogP contribution is 2.36. The van der Waals surface area contributed by atoms with Gasteiger partial charge in [-0.1, -0.05) is 17.7 Å². The fourth-order valence-electron chi connectivity index (χ4n) is 2.04. The fourth-order valence-corrected chi connectivity index (χ4v) is 2.33. The van der Waals surface area contributed by atoms with Crippen LogP contribution in [0, 0.1) is 0 Å². The lowest BCUT2D eigenvalue weighted by atomic mass is 10.2. The molecule has 0 fully saturated rings. The molecule has 2 aromatic rings. The first kappa shape index (κ1) is 17.8. The molecule has 0 saturated carbocycles. The smallest absolute Gasteiger partial charge is 0.244 e. The second kappa shape index (κ2) is 8.93. The normalized spacial score (nSPS) is 10.6. The summed E-state index contributed by atoms with van der Waals surface area (Å²) in [4.78, 5) is 16.0. The summed E-state index contributed by atoms with van der Waals surface area (Å²) in [6.45, 7) is 2.69. The first-order valence-corrected chi connectivity index (χ1v) is 7.88. The number of carbonyl (C=O) groups excluding carboxylic acids is 1. The van der Waals surface area contributed by atoms with Crippen molar-refractivity contribution in [3.05, 3.63) is 58.9 Å². The second-order valence-electron chi connectivity index (χ2n) is 4.85. The van der Waals surface area contributed by atoms with Crippen molar-refractivity contribution < 1.29 is 14.3 Å². The third kappa shape index (κ3) is 4.99. The highest BCUT2D eigenvalue weighted by Gasteiger charge is 2.11. The molecule has 1 aromatic carbocycles. The van der Waals surface area contributed by atoms with Crippen molar-refractivity contribution in [2.24, 2.45) is 0 Å². The van der Waals surface area contributed by atoms with Gasteiger partial charge in [0.05, 0.1) is 24.4 Å². The van der Waals surface area contributed by atoms with Crippen LogP contribution >= 0.6 is 11.6 Å². The van der Waals surface area contributed by atoms with Gasteiger partial charge >= 0.3 is 0 Å². The van der Waals surface area contributed by atoms with Crippen LogP contribution in [0.2, 0.25) is 5.02 Å². The number of pyridine rings is 1. The SMILES string of the molecule is CCOc1c(Cl)cc(CNC(=O)/C=C/c2ccccn2)cc1OC. The van der Waals surface area contributed by atoms with E-state index in [4.69, 9.17) is 21.1 Å². The molecule has 2 rings (SSSR count). The Kier molecular flexibility index (Phi) is 6.63. The maximum Gasteiger partial charge on any atom is 0.244 e. The largest absolute Gasteiger partial charge is 0.493 e. The van der Waals surface area contributed by atoms with Gasteiger partial charge in [-0.25, -0.2) is 0 Å². The van der Waals surface area contributed by atoms with Crippen molar-refractivity contribution in [3.8, 4) is 11.5 Å². The number of hydrogen-bond acceptors (Lipinski definition) is 4. The van der Waals surface area contributed by atoms with Gasteiger partial charge in [0.1, 0.15) is 0 Å². The molecule has 24 heavy (non-hydrogen) atoms. The first-order valence-electron chi connectivity index (χ1n) is 7.50. The lowest BCUT2D eigenvalue weighted by Crippen LogP contribution is -2.20. The van der Waals surface area contributed by atoms with Crippen LogP contribution in [0.5, 0.6) is 11.5 Å². The van der Waals surface area contributed by atoms with E-state index in [2.05, 4.69) is 10.3 Å². The van der Waals surface area contributed by atoms with Crippen molar-refractivity contribution in [3.63, 3.8) is 0 Å². The number of amides is 1. The molecule has 1 heterocycles. The molecule has 1 amide bonds. The van der Waals surface area contributed by atoms with Crippen molar-refractivity contribution in [2.45, 2.75) is 13.5 Å². The molecule has 0 bridgehead atoms. The summed E-state index contributed by atoms with van der Waals surface area (Å²) in [5.41, 5.74) is 1.54. The summed E-state index contributed by atoms with van der Waals surface area (Å²) in [6, 6.07) is 9.04. The molecule has 1 aromatic heterocycles. The van der Waals surface area contributed by atoms with Gasteiger partial charge in [0, 0.05) is 18.8 Å². The van der Waals surface area contributed by atoms with Crippen LogP contribution < -0.4 is 14.8 Å². The van der Waals surface area contributed by atoms with E-state index >= 15 is 0 Å². The average molecular weight is 347 g/mol. The molecule has 0 spiro atoms. The molecule has 0 aliphatic heterocycles. The summed E-state index contributed by atoms with van der Waals surface area (Å²) in [6.07, 6.45) is 4.77. The summed E-state index contributed by atoms with van der Waals surface area (Å²) in [7, 11) is 1.55. The van der Waals surface area contributed by atoms with Gasteiger partial charge in [-0.2, -0.15) is 0 Å². The third-order valence-corrected chi connectivity index (χ3v) is 3.42. The van der Waals surface area contributed by atoms with E-state index in [1.54, 1.807) is 31.5 Å². The highest BCUT2D eigenvalue weighted by atomic mass is 35.5. The lowest BCUT2D eigenvalue weighted by Gasteiger charge is -2.13. The number of ether oxygens (including phenoxy) is 2. The quantitative estimate of drug-likeness (QED) is 0.780. The number of rotatable bonds is 7. The number of benzene rings is 1. The summed E-state index contributed by atoms with van der Waals surface area (Å²) in [5.74, 6) is 0.828. The molecule has 6 heteroatoms. The number of methoxy groups -OCH3 is 1. The highest BCUT2D eigenvalue weighted by molar-refractivity contribution is 6.32. The van der Waals surface area contributed by atoms with Crippen molar-refractivity contribution in [1.82, 2.24) is 10.3 Å². The summed E-state index contributed by atoms with van der Waals surface area (Å²) in [5, 5.41) is 3.24. The van der Waals surface area contributed by atoms with Crippen LogP contribution in [0.3, 0.4) is 0 Å². The van der Waals surface area contributed by atoms with Crippen LogP contribution in [0.25, 0.3) is 6.08 Å². The molecule has 0 aliphatic carbocycles. The van der Waals surface area contributed by atoms with Crippen LogP contribution in [-0.2, 0) is 11.3 Å². The zero-order valence-corrected chi connectivity index (χ0v) is 14.3. The zero-order chi connectivity index (χ0) is 17.4. The zero-order valence-electron chi connectivity index (χ0n) is 13.6. The maximum absolute atomic E-state index is 11.9. The monoisotopic (exact) mass is 346 g/mol. The van der Waals surface area contributed by atoms with Crippen molar-refractivity contribution >= 4 is 23.6 Å². The minimum atomic E-state index is -0.218. The Morgan fingerprint density at radius 3 is 2.88 bits per heavy atom. The van der Waals surface area contributed by atoms with Gasteiger partial charge in [-0.3, -0.25) is 9.78 Å². The number of nitrogens with one attached hydrogen (secondary N) is 1. The van der Waals surface area contributed by atoms with Gasteiger partial charge in [-0.15, -0.1) is 0 Å². The third-order valence-electron chi connectivity index (χ3n) is 3.14. The Hall–Kier alpha value is -2.53. The van der Waals surface area contributed by atoms with Gasteiger partial charge in [0.2, 0.25) is 5.91 Å². The fraction of sp³-hybridized carbons (Fsp3) is 0.222. The molecule has 0 atom stereocenters. The molecule has 126 valence electrons. The minimum Gasteiger partial charge on any atom is -0.493 e. The lowest BCUT2D eigenvalue weighted by molar-refractivity contribution is -0.116. The van der Waals surface area contributed by atoms with E-state index in [9.17, 15) is 4.79 Å². The van der Waals surface area contributed by atoms with E-state index in [0.29, 0.717) is 29.7 Å². The average Bonchev–Trinajstić information content (AvgIpc) is 2.61. The van der Waals surface area contributed by atoms with Crippen LogP contribution in [0.15, 0.2) is 42.6 Å². The van der Waals surface area contributed by atoms with E-state index < -0.39 is 0 Å². The van der Waals surface area contributed by atoms with Crippen LogP contribution in [-0.4, -0.2) is 24.6 Å². The van der Waals surface area contributed by atoms with Crippen molar-refractivity contribution in [2.75, 3.05) is 13.7 Å². The number of hydrogen-bond donors (Lipinski definition) is 1. The van der Waals surface area contributed by atoms with Crippen LogP contribution in [0.1, 0.15) is 18.2 Å². The van der Waals surface area contributed by atoms with Gasteiger partial charge in [0.15, 0.2) is 11.5 Å². The van der Waals surface area contributed by atoms with Gasteiger partial charge in [-0.05, 0) is 42.8 Å². The minimum absolute atomic E-state index is 0.218. The molecule has 1 N–H and O–H groups in total. The summed E-state index contributed by atoms with van der Waals surface area (Å²) >= 11 is 6.21. The van der Waals surface area contributed by atoms with Crippen LogP contribution in [0.4, 0.5) is 0 Å². The predicted octanol–water partition coefficient (Wildman–Crippen LogP) is 3.47. The Bertz CT molecular complexity index is 718. The van der Waals surface area contributed by atoms with Crippen molar-refractivity contribution in [1.29, 1.82) is 0 Å². The molecule has 0 radical (unpaired) electrons. The van der Waals surface area contributed by atoms with E-state index in [1.807, 2.05) is 25.1 Å². The molecule has 0 aliphatic rings. The number of halogens is 1. The molecule has 0 unspecified atom stereocenters. The molecule has 5 nitrogen and oxygen atoms in total. The molecular formula is C18H19ClN2O3. The Morgan fingerprint density at radius 1 is 1.38 bits per heavy atom. The van der Waals surface area contributed by atoms with Gasteiger partial charge in [0.25, 0.3) is 0 Å². The predicted molar refractivity (Wildman–Crippen MR) is 94.3 cm³/mol. The maximum atomic E-state index is 11.9. The molecular weight excluding hydrogens is 328 g/mol. The Labute approximate surface area is 146 Å². The number of aromatic nitrogens is 1. The number of carbonyl (C=O) groups is 1. The summed E-state index contributed by atoms with van der Waals surface area (Å²) < 4.78 is 10.8. The van der Waals surface area contributed by atoms with Gasteiger partial charge < -0.3 is 14.8 Å².